The average molecular weight is 399 g/mol. The number of pyridine rings is 1. The Balaban J connectivity index is 0.000000527. The van der Waals surface area contributed by atoms with Crippen LogP contribution in [0.2, 0.25) is 0 Å². The van der Waals surface area contributed by atoms with Crippen LogP contribution >= 0.6 is 11.8 Å². The summed E-state index contributed by atoms with van der Waals surface area (Å²) in [6.07, 6.45) is 2.29. The van der Waals surface area contributed by atoms with Crippen LogP contribution in [0.15, 0.2) is 40.2 Å². The predicted molar refractivity (Wildman–Crippen MR) is 102 cm³/mol. The molecule has 0 spiro atoms. The normalized spacial score (nSPS) is 11.3. The average Bonchev–Trinajstić information content (AvgIpc) is 2.65. The number of benzene rings is 1. The minimum atomic E-state index is -1.20. The zero-order valence-corrected chi connectivity index (χ0v) is 15.7. The third-order valence-corrected chi connectivity index (χ3v) is 4.11. The van der Waals surface area contributed by atoms with E-state index >= 15 is 0 Å². The highest BCUT2D eigenvalue weighted by molar-refractivity contribution is 7.98. The molecule has 1 aromatic heterocycles. The molecule has 148 valence electrons. The fraction of sp³-hybridized carbons (Fsp3) is 0.294. The first-order valence-corrected chi connectivity index (χ1v) is 8.99. The van der Waals surface area contributed by atoms with E-state index in [0.717, 1.165) is 15.5 Å². The molecule has 1 aromatic carbocycles. The third-order valence-electron chi connectivity index (χ3n) is 3.39. The Morgan fingerprint density at radius 3 is 2.48 bits per heavy atom. The zero-order chi connectivity index (χ0) is 20.6. The number of aliphatic hydroxyl groups excluding tert-OH is 2. The van der Waals surface area contributed by atoms with E-state index in [-0.39, 0.29) is 35.6 Å². The van der Waals surface area contributed by atoms with Crippen molar-refractivity contribution in [1.29, 1.82) is 0 Å². The summed E-state index contributed by atoms with van der Waals surface area (Å²) in [6, 6.07) is 5.68. The Labute approximate surface area is 159 Å². The van der Waals surface area contributed by atoms with Crippen LogP contribution in [-0.4, -0.2) is 51.4 Å². The number of rotatable bonds is 6. The second-order valence-corrected chi connectivity index (χ2v) is 6.28. The number of hydrogen-bond donors (Lipinski definition) is 5. The summed E-state index contributed by atoms with van der Waals surface area (Å²) in [5.74, 6) is -1.71. The summed E-state index contributed by atoms with van der Waals surface area (Å²) in [6.45, 7) is -0.104. The van der Waals surface area contributed by atoms with E-state index in [1.165, 1.54) is 37.1 Å². The van der Waals surface area contributed by atoms with E-state index in [2.05, 4.69) is 5.32 Å². The van der Waals surface area contributed by atoms with Gasteiger partial charge in [-0.2, -0.15) is 0 Å². The summed E-state index contributed by atoms with van der Waals surface area (Å²) in [7, 11) is 1.45. The second kappa shape index (κ2) is 10.7. The molecular formula is C17H22FN3O5S. The van der Waals surface area contributed by atoms with Gasteiger partial charge in [-0.15, -0.1) is 11.8 Å². The van der Waals surface area contributed by atoms with Crippen molar-refractivity contribution in [3.05, 3.63) is 52.2 Å². The third kappa shape index (κ3) is 6.68. The van der Waals surface area contributed by atoms with Crippen LogP contribution in [0.4, 0.5) is 15.8 Å². The minimum Gasteiger partial charge on any atom is -0.478 e. The van der Waals surface area contributed by atoms with Gasteiger partial charge in [0.15, 0.2) is 0 Å². The van der Waals surface area contributed by atoms with Gasteiger partial charge in [-0.05, 0) is 24.5 Å². The van der Waals surface area contributed by atoms with Crippen molar-refractivity contribution >= 4 is 29.1 Å². The van der Waals surface area contributed by atoms with Crippen molar-refractivity contribution in [3.63, 3.8) is 0 Å². The van der Waals surface area contributed by atoms with Crippen LogP contribution in [-0.2, 0) is 7.05 Å². The molecule has 1 heterocycles. The van der Waals surface area contributed by atoms with Crippen molar-refractivity contribution in [3.8, 4) is 0 Å². The van der Waals surface area contributed by atoms with Gasteiger partial charge in [0.1, 0.15) is 5.82 Å². The Morgan fingerprint density at radius 2 is 2.04 bits per heavy atom. The lowest BCUT2D eigenvalue weighted by molar-refractivity contribution is 0.0697. The lowest BCUT2D eigenvalue weighted by Gasteiger charge is -2.12. The molecule has 0 saturated carbocycles. The van der Waals surface area contributed by atoms with Gasteiger partial charge < -0.3 is 30.9 Å². The molecular weight excluding hydrogens is 377 g/mol. The number of nitrogens with one attached hydrogen (secondary N) is 1. The molecule has 1 unspecified atom stereocenters. The molecule has 6 N–H and O–H groups in total. The van der Waals surface area contributed by atoms with Gasteiger partial charge in [-0.1, -0.05) is 0 Å². The Bertz CT molecular complexity index is 840. The molecule has 0 amide bonds. The standard InChI is InChI=1S/C14H13FN2O3S.C3H9NO2/c1-17-7-9(14(19)20)12(6-13(17)18)16-11-4-3-8(21-2)5-10(11)15;4-1-3(6)2-5/h3-7,16H,1-2H3,(H,19,20);3,5-6H,1-2,4H2. The van der Waals surface area contributed by atoms with Gasteiger partial charge in [0, 0.05) is 30.8 Å². The van der Waals surface area contributed by atoms with E-state index in [1.807, 2.05) is 6.26 Å². The number of hydrogen-bond acceptors (Lipinski definition) is 7. The maximum atomic E-state index is 13.9. The number of thioether (sulfide) groups is 1. The number of aryl methyl sites for hydroxylation is 1. The first-order chi connectivity index (χ1) is 12.7. The number of anilines is 2. The molecule has 8 nitrogen and oxygen atoms in total. The van der Waals surface area contributed by atoms with Gasteiger partial charge in [0.2, 0.25) is 0 Å². The Hall–Kier alpha value is -2.40. The summed E-state index contributed by atoms with van der Waals surface area (Å²) < 4.78 is 15.1. The van der Waals surface area contributed by atoms with Crippen LogP contribution in [0.25, 0.3) is 0 Å². The first kappa shape index (κ1) is 22.6. The number of carboxylic acids is 1. The van der Waals surface area contributed by atoms with Crippen molar-refractivity contribution in [2.45, 2.75) is 11.0 Å². The predicted octanol–water partition coefficient (Wildman–Crippen LogP) is 0.986. The number of carboxylic acid groups (broad SMARTS) is 1. The van der Waals surface area contributed by atoms with Gasteiger partial charge in [0.05, 0.1) is 29.6 Å². The van der Waals surface area contributed by atoms with E-state index in [0.29, 0.717) is 0 Å². The number of carbonyl (C=O) groups is 1. The van der Waals surface area contributed by atoms with E-state index in [4.69, 9.17) is 21.1 Å². The topological polar surface area (TPSA) is 138 Å². The zero-order valence-electron chi connectivity index (χ0n) is 14.8. The van der Waals surface area contributed by atoms with Crippen LogP contribution in [0.5, 0.6) is 0 Å². The van der Waals surface area contributed by atoms with Crippen LogP contribution in [0.1, 0.15) is 10.4 Å². The van der Waals surface area contributed by atoms with Crippen molar-refractivity contribution < 1.29 is 24.5 Å². The fourth-order valence-corrected chi connectivity index (χ4v) is 2.27. The molecule has 2 aromatic rings. The molecule has 0 aliphatic heterocycles. The largest absolute Gasteiger partial charge is 0.478 e. The monoisotopic (exact) mass is 399 g/mol. The molecule has 0 fully saturated rings. The minimum absolute atomic E-state index is 0.0569. The van der Waals surface area contributed by atoms with Crippen LogP contribution < -0.4 is 16.6 Å². The highest BCUT2D eigenvalue weighted by Gasteiger charge is 2.14. The van der Waals surface area contributed by atoms with Crippen molar-refractivity contribution in [1.82, 2.24) is 4.57 Å². The highest BCUT2D eigenvalue weighted by Crippen LogP contribution is 2.25. The first-order valence-electron chi connectivity index (χ1n) is 7.77. The molecule has 1 atom stereocenters. The molecule has 0 aliphatic rings. The molecule has 0 bridgehead atoms. The maximum absolute atomic E-state index is 13.9. The van der Waals surface area contributed by atoms with Crippen LogP contribution in [0, 0.1) is 5.82 Å². The number of nitrogens with zero attached hydrogens (tertiary/aromatic N) is 1. The van der Waals surface area contributed by atoms with Crippen molar-refractivity contribution in [2.24, 2.45) is 12.8 Å². The lowest BCUT2D eigenvalue weighted by atomic mass is 10.2. The summed E-state index contributed by atoms with van der Waals surface area (Å²) >= 11 is 1.40. The van der Waals surface area contributed by atoms with Gasteiger partial charge in [-0.3, -0.25) is 4.79 Å². The molecule has 10 heteroatoms. The molecule has 0 aliphatic carbocycles. The lowest BCUT2D eigenvalue weighted by Crippen LogP contribution is -2.22. The number of aromatic carboxylic acids is 1. The van der Waals surface area contributed by atoms with Gasteiger partial charge >= 0.3 is 5.97 Å². The molecule has 27 heavy (non-hydrogen) atoms. The summed E-state index contributed by atoms with van der Waals surface area (Å²) in [5, 5.41) is 28.1. The molecule has 2 rings (SSSR count). The number of aromatic nitrogens is 1. The van der Waals surface area contributed by atoms with E-state index in [1.54, 1.807) is 6.07 Å². The molecule has 0 saturated heterocycles. The van der Waals surface area contributed by atoms with E-state index < -0.39 is 17.9 Å². The van der Waals surface area contributed by atoms with Crippen LogP contribution in [0.3, 0.4) is 0 Å². The quantitative estimate of drug-likeness (QED) is 0.453. The van der Waals surface area contributed by atoms with Gasteiger partial charge in [0.25, 0.3) is 5.56 Å². The second-order valence-electron chi connectivity index (χ2n) is 5.40. The van der Waals surface area contributed by atoms with Crippen molar-refractivity contribution in [2.75, 3.05) is 24.7 Å². The highest BCUT2D eigenvalue weighted by atomic mass is 32.2. The number of aliphatic hydroxyl groups is 2. The maximum Gasteiger partial charge on any atom is 0.339 e. The Morgan fingerprint density at radius 1 is 1.37 bits per heavy atom. The van der Waals surface area contributed by atoms with E-state index in [9.17, 15) is 14.0 Å². The summed E-state index contributed by atoms with van der Waals surface area (Å²) in [5.41, 5.74) is 4.55. The number of halogens is 1. The smallest absolute Gasteiger partial charge is 0.339 e. The van der Waals surface area contributed by atoms with Gasteiger partial charge in [-0.25, -0.2) is 9.18 Å². The summed E-state index contributed by atoms with van der Waals surface area (Å²) in [4.78, 5) is 23.6. The Kier molecular flexibility index (Phi) is 8.95. The molecule has 0 radical (unpaired) electrons. The number of nitrogens with two attached hydrogens (primary N) is 1. The fourth-order valence-electron chi connectivity index (χ4n) is 1.85. The SMILES string of the molecule is CSc1ccc(Nc2cc(=O)n(C)cc2C(=O)O)c(F)c1.NCC(O)CO.